The zero-order valence-electron chi connectivity index (χ0n) is 13.4. The number of aryl methyl sites for hydroxylation is 1. The highest BCUT2D eigenvalue weighted by atomic mass is 32.2. The van der Waals surface area contributed by atoms with Gasteiger partial charge >= 0.3 is 0 Å². The molecule has 1 aromatic carbocycles. The topological polar surface area (TPSA) is 85.3 Å². The maximum atomic E-state index is 14.3. The summed E-state index contributed by atoms with van der Waals surface area (Å²) in [5.41, 5.74) is 6.29. The van der Waals surface area contributed by atoms with Crippen LogP contribution < -0.4 is 11.1 Å². The summed E-state index contributed by atoms with van der Waals surface area (Å²) in [6.07, 6.45) is 3.83. The molecule has 2 aromatic rings. The molecule has 0 bridgehead atoms. The summed E-state index contributed by atoms with van der Waals surface area (Å²) in [6.45, 7) is 1.85. The third-order valence-corrected chi connectivity index (χ3v) is 4.73. The van der Waals surface area contributed by atoms with Crippen molar-refractivity contribution in [3.63, 3.8) is 0 Å². The number of nitrogens with one attached hydrogen (secondary N) is 1. The second kappa shape index (κ2) is 6.27. The van der Waals surface area contributed by atoms with Crippen molar-refractivity contribution in [1.29, 1.82) is 0 Å². The van der Waals surface area contributed by atoms with E-state index in [2.05, 4.69) is 15.3 Å². The number of aliphatic imine (C=N–C) groups is 1. The van der Waals surface area contributed by atoms with Gasteiger partial charge in [0.05, 0.1) is 11.9 Å². The predicted molar refractivity (Wildman–Crippen MR) is 93.6 cm³/mol. The summed E-state index contributed by atoms with van der Waals surface area (Å²) in [5.74, 6) is 0.0628. The number of amidine groups is 1. The van der Waals surface area contributed by atoms with Crippen molar-refractivity contribution in [2.75, 3.05) is 11.1 Å². The lowest BCUT2D eigenvalue weighted by molar-refractivity contribution is 0.102. The molecule has 6 nitrogen and oxygen atoms in total. The van der Waals surface area contributed by atoms with E-state index < -0.39 is 5.54 Å². The van der Waals surface area contributed by atoms with E-state index >= 15 is 0 Å². The molecule has 1 aromatic heterocycles. The minimum atomic E-state index is -0.731. The molecule has 0 aliphatic carbocycles. The Kier molecular flexibility index (Phi) is 4.31. The van der Waals surface area contributed by atoms with Crippen molar-refractivity contribution in [2.24, 2.45) is 17.8 Å². The van der Waals surface area contributed by atoms with Gasteiger partial charge in [0.25, 0.3) is 5.91 Å². The Hall–Kier alpha value is -2.35. The van der Waals surface area contributed by atoms with Crippen molar-refractivity contribution in [1.82, 2.24) is 9.55 Å². The number of amides is 1. The van der Waals surface area contributed by atoms with Gasteiger partial charge in [0.1, 0.15) is 11.5 Å². The number of anilines is 1. The molecule has 3 rings (SSSR count). The van der Waals surface area contributed by atoms with Crippen LogP contribution in [-0.4, -0.2) is 26.4 Å². The number of nitrogens with zero attached hydrogens (tertiary/aromatic N) is 3. The van der Waals surface area contributed by atoms with E-state index in [-0.39, 0.29) is 11.7 Å². The molecule has 1 aliphatic heterocycles. The number of hydrogen-bond donors (Lipinski definition) is 2. The van der Waals surface area contributed by atoms with Crippen LogP contribution >= 0.6 is 11.8 Å². The summed E-state index contributed by atoms with van der Waals surface area (Å²) in [5, 5.41) is 3.19. The van der Waals surface area contributed by atoms with Crippen LogP contribution in [0.5, 0.6) is 0 Å². The number of rotatable bonds is 3. The lowest BCUT2D eigenvalue weighted by Gasteiger charge is -2.30. The standard InChI is InChI=1S/C16H18FN5OS/c1-16(5-6-24-15(18)21-16)11-7-10(3-4-12(11)17)20-14(23)13-8-22(2)9-19-13/h3-4,7-9H,5-6H2,1-2H3,(H2,18,21)(H,20,23). The SMILES string of the molecule is Cn1cnc(C(=O)Nc2ccc(F)c(C3(C)CCSC(N)=N3)c2)c1. The van der Waals surface area contributed by atoms with Gasteiger partial charge in [-0.25, -0.2) is 9.37 Å². The van der Waals surface area contributed by atoms with Gasteiger partial charge < -0.3 is 15.6 Å². The lowest BCUT2D eigenvalue weighted by Crippen LogP contribution is -2.29. The Morgan fingerprint density at radius 2 is 2.29 bits per heavy atom. The Morgan fingerprint density at radius 1 is 1.50 bits per heavy atom. The fraction of sp³-hybridized carbons (Fsp3) is 0.312. The fourth-order valence-corrected chi connectivity index (χ4v) is 3.60. The maximum absolute atomic E-state index is 14.3. The molecule has 0 saturated heterocycles. The molecule has 126 valence electrons. The number of thioether (sulfide) groups is 1. The van der Waals surface area contributed by atoms with Gasteiger partial charge in [-0.3, -0.25) is 9.79 Å². The molecule has 3 N–H and O–H groups in total. The van der Waals surface area contributed by atoms with Crippen molar-refractivity contribution in [3.8, 4) is 0 Å². The fourth-order valence-electron chi connectivity index (χ4n) is 2.62. The third kappa shape index (κ3) is 3.28. The molecule has 0 saturated carbocycles. The summed E-state index contributed by atoms with van der Waals surface area (Å²) < 4.78 is 16.0. The lowest BCUT2D eigenvalue weighted by atomic mass is 9.89. The average molecular weight is 347 g/mol. The highest BCUT2D eigenvalue weighted by Gasteiger charge is 2.32. The molecule has 1 aliphatic rings. The number of halogens is 1. The first-order valence-electron chi connectivity index (χ1n) is 7.45. The van der Waals surface area contributed by atoms with E-state index in [9.17, 15) is 9.18 Å². The molecule has 24 heavy (non-hydrogen) atoms. The Morgan fingerprint density at radius 3 is 2.96 bits per heavy atom. The minimum absolute atomic E-state index is 0.297. The van der Waals surface area contributed by atoms with Gasteiger partial charge in [-0.05, 0) is 31.5 Å². The number of aromatic nitrogens is 2. The van der Waals surface area contributed by atoms with Gasteiger partial charge in [0, 0.05) is 30.2 Å². The molecule has 1 unspecified atom stereocenters. The van der Waals surface area contributed by atoms with Crippen molar-refractivity contribution >= 4 is 28.5 Å². The van der Waals surface area contributed by atoms with Crippen LogP contribution in [0.25, 0.3) is 0 Å². The normalized spacial score (nSPS) is 20.5. The first kappa shape index (κ1) is 16.5. The van der Waals surface area contributed by atoms with E-state index in [1.807, 2.05) is 6.92 Å². The number of hydrogen-bond acceptors (Lipinski definition) is 5. The summed E-state index contributed by atoms with van der Waals surface area (Å²) in [7, 11) is 1.78. The Labute approximate surface area is 143 Å². The molecule has 0 spiro atoms. The van der Waals surface area contributed by atoms with E-state index in [0.717, 1.165) is 5.75 Å². The quantitative estimate of drug-likeness (QED) is 0.893. The first-order valence-corrected chi connectivity index (χ1v) is 8.43. The van der Waals surface area contributed by atoms with E-state index in [0.29, 0.717) is 28.5 Å². The van der Waals surface area contributed by atoms with Crippen LogP contribution in [0, 0.1) is 5.82 Å². The van der Waals surface area contributed by atoms with Crippen LogP contribution in [0.2, 0.25) is 0 Å². The molecular weight excluding hydrogens is 329 g/mol. The van der Waals surface area contributed by atoms with Gasteiger partial charge in [-0.15, -0.1) is 0 Å². The molecule has 2 heterocycles. The van der Waals surface area contributed by atoms with Crippen LogP contribution in [-0.2, 0) is 12.6 Å². The van der Waals surface area contributed by atoms with Crippen LogP contribution in [0.1, 0.15) is 29.4 Å². The van der Waals surface area contributed by atoms with Crippen molar-refractivity contribution in [2.45, 2.75) is 18.9 Å². The zero-order chi connectivity index (χ0) is 17.3. The Balaban J connectivity index is 1.89. The monoisotopic (exact) mass is 347 g/mol. The summed E-state index contributed by atoms with van der Waals surface area (Å²) in [4.78, 5) is 20.6. The van der Waals surface area contributed by atoms with Crippen molar-refractivity contribution < 1.29 is 9.18 Å². The average Bonchev–Trinajstić information content (AvgIpc) is 2.95. The third-order valence-electron chi connectivity index (χ3n) is 3.94. The van der Waals surface area contributed by atoms with Crippen molar-refractivity contribution in [3.05, 3.63) is 47.8 Å². The molecule has 1 atom stereocenters. The van der Waals surface area contributed by atoms with Gasteiger partial charge in [-0.1, -0.05) is 11.8 Å². The van der Waals surface area contributed by atoms with Gasteiger partial charge in [0.2, 0.25) is 0 Å². The molecular formula is C16H18FN5OS. The summed E-state index contributed by atoms with van der Waals surface area (Å²) >= 11 is 1.46. The highest BCUT2D eigenvalue weighted by molar-refractivity contribution is 8.13. The molecule has 0 radical (unpaired) electrons. The number of carbonyl (C=O) groups is 1. The molecule has 0 fully saturated rings. The summed E-state index contributed by atoms with van der Waals surface area (Å²) in [6, 6.07) is 4.47. The second-order valence-electron chi connectivity index (χ2n) is 5.90. The molecule has 1 amide bonds. The van der Waals surface area contributed by atoms with E-state index in [1.54, 1.807) is 30.2 Å². The first-order chi connectivity index (χ1) is 11.4. The zero-order valence-corrected chi connectivity index (χ0v) is 14.2. The number of benzene rings is 1. The highest BCUT2D eigenvalue weighted by Crippen LogP contribution is 2.37. The minimum Gasteiger partial charge on any atom is -0.379 e. The second-order valence-corrected chi connectivity index (χ2v) is 7.01. The molecule has 8 heteroatoms. The Bertz CT molecular complexity index is 819. The number of carbonyl (C=O) groups excluding carboxylic acids is 1. The largest absolute Gasteiger partial charge is 0.379 e. The van der Waals surface area contributed by atoms with Crippen LogP contribution in [0.4, 0.5) is 10.1 Å². The van der Waals surface area contributed by atoms with E-state index in [1.165, 1.54) is 23.9 Å². The smallest absolute Gasteiger partial charge is 0.275 e. The van der Waals surface area contributed by atoms with Gasteiger partial charge in [0.15, 0.2) is 5.17 Å². The number of nitrogens with two attached hydrogens (primary N) is 1. The predicted octanol–water partition coefficient (Wildman–Crippen LogP) is 2.48. The van der Waals surface area contributed by atoms with Gasteiger partial charge in [-0.2, -0.15) is 0 Å². The maximum Gasteiger partial charge on any atom is 0.275 e. The number of imidazole rings is 1. The van der Waals surface area contributed by atoms with Crippen LogP contribution in [0.3, 0.4) is 0 Å². The van der Waals surface area contributed by atoms with Crippen LogP contribution in [0.15, 0.2) is 35.7 Å². The van der Waals surface area contributed by atoms with E-state index in [4.69, 9.17) is 5.73 Å².